The monoisotopic (exact) mass is 887 g/mol. The standard InChI is InChI=1S/C50H100N2.2C5H5N/c1-7-11-13-15-17-19-21-23-25-27-29-31-33-35-37-39-43-51(47-49(5)9-3)45-41-42-46-52(48-50(6)10-4)44-40-38-36-34-32-30-28-26-24-22-20-18-16-14-12-8-2;2*1-2-4-6-5-3-1/h23-26,49-50H,7-22,27-48H2,1-6H3;2*1-5H/b25-23+,26-24+;;. The first-order chi connectivity index (χ1) is 31.6. The van der Waals surface area contributed by atoms with E-state index in [1.54, 1.807) is 24.8 Å². The van der Waals surface area contributed by atoms with Crippen molar-refractivity contribution in [3.8, 4) is 0 Å². The van der Waals surface area contributed by atoms with Crippen LogP contribution in [-0.4, -0.2) is 59.0 Å². The molecule has 4 heteroatoms. The van der Waals surface area contributed by atoms with Crippen molar-refractivity contribution in [2.24, 2.45) is 11.8 Å². The molecular formula is C60H110N4. The highest BCUT2D eigenvalue weighted by Crippen LogP contribution is 2.15. The Morgan fingerprint density at radius 2 is 0.578 bits per heavy atom. The van der Waals surface area contributed by atoms with Gasteiger partial charge in [-0.3, -0.25) is 9.97 Å². The van der Waals surface area contributed by atoms with E-state index in [1.165, 1.54) is 245 Å². The van der Waals surface area contributed by atoms with E-state index in [-0.39, 0.29) is 0 Å². The molecule has 0 aliphatic carbocycles. The molecule has 0 amide bonds. The lowest BCUT2D eigenvalue weighted by Gasteiger charge is -2.27. The molecule has 0 bridgehead atoms. The molecule has 2 atom stereocenters. The Bertz CT molecular complexity index is 1010. The minimum Gasteiger partial charge on any atom is -0.303 e. The van der Waals surface area contributed by atoms with Gasteiger partial charge in [-0.25, -0.2) is 0 Å². The number of nitrogens with zero attached hydrogens (tertiary/aromatic N) is 4. The normalized spacial score (nSPS) is 12.4. The molecule has 0 saturated carbocycles. The molecule has 64 heavy (non-hydrogen) atoms. The van der Waals surface area contributed by atoms with E-state index < -0.39 is 0 Å². The van der Waals surface area contributed by atoms with Gasteiger partial charge >= 0.3 is 0 Å². The van der Waals surface area contributed by atoms with Crippen molar-refractivity contribution in [2.45, 2.75) is 247 Å². The Morgan fingerprint density at radius 3 is 0.812 bits per heavy atom. The van der Waals surface area contributed by atoms with E-state index >= 15 is 0 Å². The summed E-state index contributed by atoms with van der Waals surface area (Å²) in [5.41, 5.74) is 0. The number of rotatable bonds is 43. The predicted molar refractivity (Wildman–Crippen MR) is 288 cm³/mol. The molecule has 0 fully saturated rings. The molecule has 0 aliphatic heterocycles. The summed E-state index contributed by atoms with van der Waals surface area (Å²) in [6.45, 7) is 22.1. The maximum absolute atomic E-state index is 3.78. The summed E-state index contributed by atoms with van der Waals surface area (Å²) in [4.78, 5) is 13.2. The predicted octanol–water partition coefficient (Wildman–Crippen LogP) is 18.7. The van der Waals surface area contributed by atoms with Gasteiger partial charge in [0.25, 0.3) is 0 Å². The van der Waals surface area contributed by atoms with Crippen LogP contribution in [0.5, 0.6) is 0 Å². The third-order valence-electron chi connectivity index (χ3n) is 12.8. The average Bonchev–Trinajstić information content (AvgIpc) is 3.33. The minimum absolute atomic E-state index is 0.822. The van der Waals surface area contributed by atoms with Gasteiger partial charge in [-0.15, -0.1) is 0 Å². The van der Waals surface area contributed by atoms with Crippen molar-refractivity contribution in [3.05, 3.63) is 85.5 Å². The Morgan fingerprint density at radius 1 is 0.328 bits per heavy atom. The zero-order chi connectivity index (χ0) is 46.5. The van der Waals surface area contributed by atoms with Crippen LogP contribution in [0.1, 0.15) is 247 Å². The highest BCUT2D eigenvalue weighted by Gasteiger charge is 2.12. The second-order valence-electron chi connectivity index (χ2n) is 19.3. The lowest BCUT2D eigenvalue weighted by Crippen LogP contribution is -2.33. The van der Waals surface area contributed by atoms with E-state index in [2.05, 4.69) is 85.6 Å². The molecule has 0 spiro atoms. The van der Waals surface area contributed by atoms with E-state index in [9.17, 15) is 0 Å². The fourth-order valence-corrected chi connectivity index (χ4v) is 8.19. The molecule has 2 heterocycles. The largest absolute Gasteiger partial charge is 0.303 e. The SMILES string of the molecule is CCCCCCCC/C=C/CCCCCCCCN(CCCCN(CCCCCCCC/C=C/CCCCCCCC)CC(C)CC)CC(C)CC.c1ccncc1.c1ccncc1. The highest BCUT2D eigenvalue weighted by atomic mass is 15.1. The number of allylic oxidation sites excluding steroid dienone is 4. The van der Waals surface area contributed by atoms with Gasteiger partial charge in [-0.2, -0.15) is 0 Å². The summed E-state index contributed by atoms with van der Waals surface area (Å²) >= 11 is 0. The summed E-state index contributed by atoms with van der Waals surface area (Å²) in [6.07, 6.45) is 61.3. The minimum atomic E-state index is 0.822. The molecular weight excluding hydrogens is 777 g/mol. The summed E-state index contributed by atoms with van der Waals surface area (Å²) in [5.74, 6) is 1.64. The van der Waals surface area contributed by atoms with Crippen LogP contribution in [0.25, 0.3) is 0 Å². The van der Waals surface area contributed by atoms with Crippen molar-refractivity contribution in [2.75, 3.05) is 39.3 Å². The Balaban J connectivity index is 0.00000281. The Kier molecular flexibility index (Phi) is 51.4. The number of aromatic nitrogens is 2. The topological polar surface area (TPSA) is 32.3 Å². The van der Waals surface area contributed by atoms with Crippen LogP contribution in [0.2, 0.25) is 0 Å². The molecule has 2 aromatic rings. The zero-order valence-corrected chi connectivity index (χ0v) is 43.9. The van der Waals surface area contributed by atoms with Crippen LogP contribution in [0.4, 0.5) is 0 Å². The number of hydrogen-bond acceptors (Lipinski definition) is 4. The van der Waals surface area contributed by atoms with Crippen LogP contribution < -0.4 is 0 Å². The number of unbranched alkanes of at least 4 members (excludes halogenated alkanes) is 25. The first-order valence-electron chi connectivity index (χ1n) is 28.0. The zero-order valence-electron chi connectivity index (χ0n) is 43.9. The number of hydrogen-bond donors (Lipinski definition) is 0. The van der Waals surface area contributed by atoms with Crippen LogP contribution in [-0.2, 0) is 0 Å². The first kappa shape index (κ1) is 61.7. The van der Waals surface area contributed by atoms with Crippen LogP contribution in [0, 0.1) is 11.8 Å². The van der Waals surface area contributed by atoms with Gasteiger partial charge in [-0.05, 0) is 139 Å². The second-order valence-corrected chi connectivity index (χ2v) is 19.3. The van der Waals surface area contributed by atoms with Crippen molar-refractivity contribution in [1.29, 1.82) is 0 Å². The summed E-state index contributed by atoms with van der Waals surface area (Å²) in [6, 6.07) is 11.4. The van der Waals surface area contributed by atoms with Gasteiger partial charge < -0.3 is 9.80 Å². The quantitative estimate of drug-likeness (QED) is 0.0491. The molecule has 0 aliphatic rings. The third kappa shape index (κ3) is 49.1. The van der Waals surface area contributed by atoms with E-state index in [0.29, 0.717) is 0 Å². The van der Waals surface area contributed by atoms with Gasteiger partial charge in [0.15, 0.2) is 0 Å². The Labute approximate surface area is 401 Å². The van der Waals surface area contributed by atoms with Crippen LogP contribution in [0.3, 0.4) is 0 Å². The van der Waals surface area contributed by atoms with E-state index in [0.717, 1.165) is 11.8 Å². The summed E-state index contributed by atoms with van der Waals surface area (Å²) < 4.78 is 0. The molecule has 0 aromatic carbocycles. The molecule has 2 aromatic heterocycles. The van der Waals surface area contributed by atoms with Crippen LogP contribution in [0.15, 0.2) is 85.5 Å². The van der Waals surface area contributed by atoms with Crippen molar-refractivity contribution in [1.82, 2.24) is 19.8 Å². The molecule has 0 N–H and O–H groups in total. The first-order valence-corrected chi connectivity index (χ1v) is 28.0. The molecule has 370 valence electrons. The lowest BCUT2D eigenvalue weighted by atomic mass is 10.1. The van der Waals surface area contributed by atoms with E-state index in [1.807, 2.05) is 36.4 Å². The van der Waals surface area contributed by atoms with Gasteiger partial charge in [0.2, 0.25) is 0 Å². The van der Waals surface area contributed by atoms with Gasteiger partial charge in [-0.1, -0.05) is 206 Å². The highest BCUT2D eigenvalue weighted by molar-refractivity contribution is 4.89. The maximum Gasteiger partial charge on any atom is 0.0267 e. The maximum atomic E-state index is 3.78. The molecule has 0 saturated heterocycles. The van der Waals surface area contributed by atoms with Crippen molar-refractivity contribution < 1.29 is 0 Å². The molecule has 2 rings (SSSR count). The van der Waals surface area contributed by atoms with E-state index in [4.69, 9.17) is 0 Å². The smallest absolute Gasteiger partial charge is 0.0267 e. The third-order valence-corrected chi connectivity index (χ3v) is 12.8. The van der Waals surface area contributed by atoms with Crippen molar-refractivity contribution in [3.63, 3.8) is 0 Å². The van der Waals surface area contributed by atoms with Gasteiger partial charge in [0, 0.05) is 37.9 Å². The Hall–Kier alpha value is -2.30. The average molecular weight is 888 g/mol. The second kappa shape index (κ2) is 53.3. The molecule has 4 nitrogen and oxygen atoms in total. The van der Waals surface area contributed by atoms with Crippen LogP contribution >= 0.6 is 0 Å². The van der Waals surface area contributed by atoms with Gasteiger partial charge in [0.1, 0.15) is 0 Å². The van der Waals surface area contributed by atoms with Crippen molar-refractivity contribution >= 4 is 0 Å². The van der Waals surface area contributed by atoms with Gasteiger partial charge in [0.05, 0.1) is 0 Å². The lowest BCUT2D eigenvalue weighted by molar-refractivity contribution is 0.203. The molecule has 0 radical (unpaired) electrons. The molecule has 2 unspecified atom stereocenters. The fourth-order valence-electron chi connectivity index (χ4n) is 8.19. The summed E-state index contributed by atoms with van der Waals surface area (Å²) in [7, 11) is 0. The summed E-state index contributed by atoms with van der Waals surface area (Å²) in [5, 5.41) is 0. The fraction of sp³-hybridized carbons (Fsp3) is 0.767. The number of pyridine rings is 2.